The van der Waals surface area contributed by atoms with Gasteiger partial charge in [-0.25, -0.2) is 0 Å². The van der Waals surface area contributed by atoms with E-state index in [4.69, 9.17) is 9.46 Å². The highest BCUT2D eigenvalue weighted by molar-refractivity contribution is 7.16. The Labute approximate surface area is 45.8 Å². The van der Waals surface area contributed by atoms with Crippen LogP contribution in [0.4, 0.5) is 0 Å². The minimum absolute atomic E-state index is 1.32. The first kappa shape index (κ1) is 10.2. The lowest BCUT2D eigenvalue weighted by molar-refractivity contribution is 0.524. The second kappa shape index (κ2) is 16.4. The smallest absolute Gasteiger partial charge is 0.177 e. The summed E-state index contributed by atoms with van der Waals surface area (Å²) in [6.45, 7) is 4.36. The summed E-state index contributed by atoms with van der Waals surface area (Å²) >= 11 is 0. The van der Waals surface area contributed by atoms with E-state index < -0.39 is 8.69 Å². The van der Waals surface area contributed by atoms with Crippen molar-refractivity contribution in [3.8, 4) is 0 Å². The van der Waals surface area contributed by atoms with Crippen molar-refractivity contribution < 1.29 is 9.46 Å². The van der Waals surface area contributed by atoms with Crippen molar-refractivity contribution in [3.63, 3.8) is 0 Å². The Morgan fingerprint density at radius 3 is 1.57 bits per heavy atom. The number of rotatable bonds is 1. The lowest BCUT2D eigenvalue weighted by atomic mass is 10.4. The van der Waals surface area contributed by atoms with Crippen molar-refractivity contribution >= 4 is 8.69 Å². The normalized spacial score (nSPS) is 8.43. The first-order chi connectivity index (χ1) is 3.33. The number of hydrogen-bond donors (Lipinski definition) is 1. The minimum Gasteiger partial charge on any atom is -0.348 e. The molecule has 7 heavy (non-hydrogen) atoms. The molecule has 1 unspecified atom stereocenters. The molecule has 0 heterocycles. The molecule has 0 saturated heterocycles. The summed E-state index contributed by atoms with van der Waals surface area (Å²) in [7, 11) is -1.50. The second-order valence-corrected chi connectivity index (χ2v) is 1.32. The molecule has 0 radical (unpaired) electrons. The fourth-order valence-corrected chi connectivity index (χ4v) is 0. The van der Waals surface area contributed by atoms with Crippen LogP contribution in [0.3, 0.4) is 0 Å². The molecule has 3 heteroatoms. The van der Waals surface area contributed by atoms with Gasteiger partial charge in [0.15, 0.2) is 8.69 Å². The monoisotopic (exact) mass is 124 g/mol. The summed E-state index contributed by atoms with van der Waals surface area (Å²) in [5, 5.41) is 0. The third-order valence-corrected chi connectivity index (χ3v) is 0.500. The summed E-state index contributed by atoms with van der Waals surface area (Å²) in [5.41, 5.74) is 0. The average molecular weight is 124 g/mol. The van der Waals surface area contributed by atoms with Crippen LogP contribution in [-0.2, 0) is 4.57 Å². The van der Waals surface area contributed by atoms with Gasteiger partial charge in [0.05, 0.1) is 0 Å². The molecular weight excluding hydrogens is 111 g/mol. The van der Waals surface area contributed by atoms with E-state index in [0.29, 0.717) is 0 Å². The van der Waals surface area contributed by atoms with E-state index >= 15 is 0 Å². The number of unbranched alkanes of at least 4 members (excludes halogenated alkanes) is 1. The van der Waals surface area contributed by atoms with Gasteiger partial charge in [0.2, 0.25) is 0 Å². The van der Waals surface area contributed by atoms with E-state index in [1.807, 2.05) is 0 Å². The Balaban J connectivity index is 0. The summed E-state index contributed by atoms with van der Waals surface area (Å²) in [4.78, 5) is 7.10. The van der Waals surface area contributed by atoms with Crippen LogP contribution in [0.2, 0.25) is 0 Å². The van der Waals surface area contributed by atoms with Crippen molar-refractivity contribution in [1.82, 2.24) is 0 Å². The van der Waals surface area contributed by atoms with Gasteiger partial charge in [0.25, 0.3) is 0 Å². The van der Waals surface area contributed by atoms with Crippen molar-refractivity contribution in [2.45, 2.75) is 26.7 Å². The fraction of sp³-hybridized carbons (Fsp3) is 1.00. The molecule has 0 saturated carbocycles. The van der Waals surface area contributed by atoms with Crippen LogP contribution in [0.15, 0.2) is 0 Å². The summed E-state index contributed by atoms with van der Waals surface area (Å²) in [5.74, 6) is 0. The van der Waals surface area contributed by atoms with E-state index in [1.54, 1.807) is 0 Å². The molecule has 0 bridgehead atoms. The molecular formula is C4H13O2P. The van der Waals surface area contributed by atoms with Crippen molar-refractivity contribution in [2.24, 2.45) is 0 Å². The maximum Gasteiger partial charge on any atom is 0.177 e. The SMILES string of the molecule is CCCC.O=[PH2]O. The van der Waals surface area contributed by atoms with Gasteiger partial charge < -0.3 is 4.89 Å². The maximum atomic E-state index is 8.57. The summed E-state index contributed by atoms with van der Waals surface area (Å²) in [6.07, 6.45) is 2.64. The van der Waals surface area contributed by atoms with Crippen LogP contribution >= 0.6 is 8.69 Å². The molecule has 0 amide bonds. The van der Waals surface area contributed by atoms with Gasteiger partial charge in [-0.05, 0) is 0 Å². The lowest BCUT2D eigenvalue weighted by Gasteiger charge is -1.68. The Kier molecular flexibility index (Phi) is 23.9. The highest BCUT2D eigenvalue weighted by Gasteiger charge is 1.56. The molecule has 0 aromatic rings. The highest BCUT2D eigenvalue weighted by Crippen LogP contribution is 1.76. The Morgan fingerprint density at radius 2 is 1.57 bits per heavy atom. The Morgan fingerprint density at radius 1 is 1.43 bits per heavy atom. The molecule has 0 aliphatic carbocycles. The van der Waals surface area contributed by atoms with E-state index in [0.717, 1.165) is 0 Å². The zero-order valence-corrected chi connectivity index (χ0v) is 6.00. The first-order valence-corrected chi connectivity index (χ1v) is 3.40. The molecule has 46 valence electrons. The zero-order valence-electron chi connectivity index (χ0n) is 4.85. The van der Waals surface area contributed by atoms with Crippen LogP contribution in [0, 0.1) is 0 Å². The standard InChI is InChI=1S/C4H10.H3O2P/c1-3-4-2;1-3-2/h3-4H2,1-2H3;3H2,(H,1,2). The molecule has 2 nitrogen and oxygen atoms in total. The predicted octanol–water partition coefficient (Wildman–Crippen LogP) is 1.46. The van der Waals surface area contributed by atoms with Gasteiger partial charge in [0.1, 0.15) is 0 Å². The van der Waals surface area contributed by atoms with Gasteiger partial charge >= 0.3 is 0 Å². The van der Waals surface area contributed by atoms with Gasteiger partial charge in [-0.3, -0.25) is 4.57 Å². The van der Waals surface area contributed by atoms with E-state index in [2.05, 4.69) is 13.8 Å². The molecule has 0 spiro atoms. The predicted molar refractivity (Wildman–Crippen MR) is 33.2 cm³/mol. The highest BCUT2D eigenvalue weighted by atomic mass is 31.1. The van der Waals surface area contributed by atoms with Gasteiger partial charge in [-0.15, -0.1) is 0 Å². The lowest BCUT2D eigenvalue weighted by Crippen LogP contribution is -1.47. The molecule has 0 aliphatic rings. The molecule has 0 fully saturated rings. The largest absolute Gasteiger partial charge is 0.348 e. The van der Waals surface area contributed by atoms with Crippen molar-refractivity contribution in [3.05, 3.63) is 0 Å². The van der Waals surface area contributed by atoms with E-state index in [-0.39, 0.29) is 0 Å². The van der Waals surface area contributed by atoms with Gasteiger partial charge in [0, 0.05) is 0 Å². The summed E-state index contributed by atoms with van der Waals surface area (Å²) < 4.78 is 8.57. The molecule has 1 atom stereocenters. The fourth-order valence-electron chi connectivity index (χ4n) is 0. The van der Waals surface area contributed by atoms with Gasteiger partial charge in [-0.1, -0.05) is 26.7 Å². The second-order valence-electron chi connectivity index (χ2n) is 1.11. The van der Waals surface area contributed by atoms with Crippen LogP contribution in [0.5, 0.6) is 0 Å². The third kappa shape index (κ3) is 76.7. The zero-order chi connectivity index (χ0) is 6.12. The van der Waals surface area contributed by atoms with Crippen LogP contribution in [0.1, 0.15) is 26.7 Å². The first-order valence-electron chi connectivity index (χ1n) is 2.41. The van der Waals surface area contributed by atoms with Crippen LogP contribution in [0.25, 0.3) is 0 Å². The Hall–Kier alpha value is 0.190. The number of hydrogen-bond acceptors (Lipinski definition) is 1. The topological polar surface area (TPSA) is 37.3 Å². The quantitative estimate of drug-likeness (QED) is 0.537. The minimum atomic E-state index is -1.50. The Bertz CT molecular complexity index is 28.9. The summed E-state index contributed by atoms with van der Waals surface area (Å²) in [6, 6.07) is 0. The van der Waals surface area contributed by atoms with Crippen molar-refractivity contribution in [1.29, 1.82) is 0 Å². The molecule has 0 aromatic heterocycles. The molecule has 0 rings (SSSR count). The maximum absolute atomic E-state index is 8.57. The van der Waals surface area contributed by atoms with E-state index in [9.17, 15) is 0 Å². The molecule has 1 N–H and O–H groups in total. The average Bonchev–Trinajstić information content (AvgIpc) is 1.69. The third-order valence-electron chi connectivity index (χ3n) is 0.500. The molecule has 0 aromatic carbocycles. The molecule has 0 aliphatic heterocycles. The van der Waals surface area contributed by atoms with E-state index in [1.165, 1.54) is 12.8 Å². The van der Waals surface area contributed by atoms with Gasteiger partial charge in [-0.2, -0.15) is 0 Å². The van der Waals surface area contributed by atoms with Crippen molar-refractivity contribution in [2.75, 3.05) is 0 Å². The van der Waals surface area contributed by atoms with Crippen LogP contribution in [-0.4, -0.2) is 4.89 Å². The van der Waals surface area contributed by atoms with Crippen LogP contribution < -0.4 is 0 Å².